The number of nitrogens with zero attached hydrogens (tertiary/aromatic N) is 5. The summed E-state index contributed by atoms with van der Waals surface area (Å²) in [5, 5.41) is 8.11. The van der Waals surface area contributed by atoms with E-state index in [2.05, 4.69) is 15.3 Å². The molecule has 0 radical (unpaired) electrons. The minimum atomic E-state index is -0.196. The summed E-state index contributed by atoms with van der Waals surface area (Å²) >= 11 is 0. The second kappa shape index (κ2) is 7.41. The zero-order valence-corrected chi connectivity index (χ0v) is 14.9. The first-order valence-electron chi connectivity index (χ1n) is 8.79. The molecule has 0 aliphatic carbocycles. The Morgan fingerprint density at radius 3 is 2.63 bits per heavy atom. The number of hydrogen-bond donors (Lipinski definition) is 0. The van der Waals surface area contributed by atoms with Gasteiger partial charge >= 0.3 is 0 Å². The summed E-state index contributed by atoms with van der Waals surface area (Å²) < 4.78 is 8.90. The summed E-state index contributed by atoms with van der Waals surface area (Å²) in [5.41, 5.74) is 2.43. The number of para-hydroxylation sites is 2. The van der Waals surface area contributed by atoms with Gasteiger partial charge in [0.2, 0.25) is 0 Å². The molecule has 0 fully saturated rings. The molecule has 2 heterocycles. The van der Waals surface area contributed by atoms with E-state index in [1.165, 1.54) is 0 Å². The fraction of sp³-hybridized carbons (Fsp3) is 0.200. The van der Waals surface area contributed by atoms with Gasteiger partial charge in [0.15, 0.2) is 11.2 Å². The van der Waals surface area contributed by atoms with Gasteiger partial charge in [0.05, 0.1) is 12.3 Å². The van der Waals surface area contributed by atoms with Gasteiger partial charge in [0, 0.05) is 6.54 Å². The number of ether oxygens (including phenoxy) is 1. The molecule has 0 N–H and O–H groups in total. The van der Waals surface area contributed by atoms with Crippen LogP contribution in [-0.4, -0.2) is 31.2 Å². The van der Waals surface area contributed by atoms with E-state index in [9.17, 15) is 4.79 Å². The van der Waals surface area contributed by atoms with Crippen molar-refractivity contribution in [2.45, 2.75) is 19.9 Å². The van der Waals surface area contributed by atoms with E-state index in [0.717, 1.165) is 17.0 Å². The summed E-state index contributed by atoms with van der Waals surface area (Å²) in [7, 11) is 0. The highest BCUT2D eigenvalue weighted by atomic mass is 16.5. The van der Waals surface area contributed by atoms with Crippen LogP contribution in [0.2, 0.25) is 0 Å². The Labute approximate surface area is 155 Å². The van der Waals surface area contributed by atoms with Crippen LogP contribution in [0, 0.1) is 6.92 Å². The minimum absolute atomic E-state index is 0.196. The lowest BCUT2D eigenvalue weighted by atomic mass is 10.2. The van der Waals surface area contributed by atoms with Crippen molar-refractivity contribution in [2.75, 3.05) is 6.61 Å². The second-order valence-corrected chi connectivity index (χ2v) is 6.22. The molecule has 0 aliphatic rings. The van der Waals surface area contributed by atoms with Gasteiger partial charge in [0.25, 0.3) is 5.56 Å². The maximum absolute atomic E-state index is 12.7. The van der Waals surface area contributed by atoms with Crippen molar-refractivity contribution in [1.29, 1.82) is 0 Å². The molecular weight excluding hydrogens is 342 g/mol. The molecule has 136 valence electrons. The predicted molar refractivity (Wildman–Crippen MR) is 102 cm³/mol. The molecule has 0 amide bonds. The maximum Gasteiger partial charge on any atom is 0.283 e. The summed E-state index contributed by atoms with van der Waals surface area (Å²) in [6.45, 7) is 3.03. The third kappa shape index (κ3) is 3.44. The molecule has 7 heteroatoms. The SMILES string of the molecule is Cc1ccccc1OCCCn1cnc2c(nnn2-c2ccccc2)c1=O. The molecule has 0 saturated heterocycles. The van der Waals surface area contributed by atoms with Crippen molar-refractivity contribution in [3.8, 4) is 11.4 Å². The molecule has 4 rings (SSSR count). The molecule has 0 atom stereocenters. The van der Waals surface area contributed by atoms with Crippen LogP contribution in [0.5, 0.6) is 5.75 Å². The van der Waals surface area contributed by atoms with E-state index >= 15 is 0 Å². The lowest BCUT2D eigenvalue weighted by molar-refractivity contribution is 0.299. The molecular formula is C20H19N5O2. The smallest absolute Gasteiger partial charge is 0.283 e. The molecule has 7 nitrogen and oxygen atoms in total. The maximum atomic E-state index is 12.7. The lowest BCUT2D eigenvalue weighted by Gasteiger charge is -2.09. The Morgan fingerprint density at radius 1 is 1.04 bits per heavy atom. The quantitative estimate of drug-likeness (QED) is 0.494. The van der Waals surface area contributed by atoms with Gasteiger partial charge in [-0.15, -0.1) is 5.10 Å². The van der Waals surface area contributed by atoms with Crippen molar-refractivity contribution in [2.24, 2.45) is 0 Å². The van der Waals surface area contributed by atoms with E-state index in [0.29, 0.717) is 25.2 Å². The third-order valence-electron chi connectivity index (χ3n) is 4.32. The van der Waals surface area contributed by atoms with Crippen LogP contribution in [0.15, 0.2) is 65.7 Å². The summed E-state index contributed by atoms with van der Waals surface area (Å²) in [6, 6.07) is 17.4. The van der Waals surface area contributed by atoms with Gasteiger partial charge in [-0.25, -0.2) is 4.98 Å². The van der Waals surface area contributed by atoms with Crippen LogP contribution in [0.3, 0.4) is 0 Å². The van der Waals surface area contributed by atoms with Crippen LogP contribution in [0.4, 0.5) is 0 Å². The molecule has 4 aromatic rings. The number of hydrogen-bond acceptors (Lipinski definition) is 5. The molecule has 0 bridgehead atoms. The normalized spacial score (nSPS) is 11.0. The highest BCUT2D eigenvalue weighted by molar-refractivity contribution is 5.70. The fourth-order valence-electron chi connectivity index (χ4n) is 2.88. The van der Waals surface area contributed by atoms with Crippen molar-refractivity contribution in [3.05, 3.63) is 76.8 Å². The van der Waals surface area contributed by atoms with Gasteiger partial charge in [-0.05, 0) is 37.1 Å². The van der Waals surface area contributed by atoms with Crippen LogP contribution in [0.25, 0.3) is 16.9 Å². The van der Waals surface area contributed by atoms with E-state index in [1.54, 1.807) is 15.6 Å². The van der Waals surface area contributed by atoms with Gasteiger partial charge in [0.1, 0.15) is 12.1 Å². The fourth-order valence-corrected chi connectivity index (χ4v) is 2.88. The van der Waals surface area contributed by atoms with Crippen molar-refractivity contribution < 1.29 is 4.74 Å². The number of fused-ring (bicyclic) bond motifs is 1. The Morgan fingerprint density at radius 2 is 1.81 bits per heavy atom. The van der Waals surface area contributed by atoms with E-state index in [-0.39, 0.29) is 11.1 Å². The molecule has 2 aromatic carbocycles. The zero-order chi connectivity index (χ0) is 18.6. The second-order valence-electron chi connectivity index (χ2n) is 6.22. The average Bonchev–Trinajstić information content (AvgIpc) is 3.13. The van der Waals surface area contributed by atoms with Crippen LogP contribution < -0.4 is 10.3 Å². The van der Waals surface area contributed by atoms with Crippen LogP contribution >= 0.6 is 0 Å². The molecule has 0 spiro atoms. The Hall–Kier alpha value is -3.48. The standard InChI is InChI=1S/C20H19N5O2/c1-15-8-5-6-11-17(15)27-13-7-12-24-14-21-19-18(20(24)26)22-23-25(19)16-9-3-2-4-10-16/h2-6,8-11,14H,7,12-13H2,1H3. The number of rotatable bonds is 6. The Kier molecular flexibility index (Phi) is 4.65. The van der Waals surface area contributed by atoms with Crippen LogP contribution in [0.1, 0.15) is 12.0 Å². The highest BCUT2D eigenvalue weighted by Crippen LogP contribution is 2.16. The molecule has 2 aromatic heterocycles. The van der Waals surface area contributed by atoms with E-state index in [4.69, 9.17) is 4.74 Å². The highest BCUT2D eigenvalue weighted by Gasteiger charge is 2.13. The van der Waals surface area contributed by atoms with Gasteiger partial charge in [-0.2, -0.15) is 4.68 Å². The lowest BCUT2D eigenvalue weighted by Crippen LogP contribution is -2.22. The minimum Gasteiger partial charge on any atom is -0.493 e. The first-order chi connectivity index (χ1) is 13.2. The van der Waals surface area contributed by atoms with Gasteiger partial charge in [-0.1, -0.05) is 41.6 Å². The zero-order valence-electron chi connectivity index (χ0n) is 14.9. The Balaban J connectivity index is 1.48. The molecule has 0 aliphatic heterocycles. The number of benzene rings is 2. The first-order valence-corrected chi connectivity index (χ1v) is 8.79. The van der Waals surface area contributed by atoms with Crippen molar-refractivity contribution in [1.82, 2.24) is 24.5 Å². The van der Waals surface area contributed by atoms with E-state index < -0.39 is 0 Å². The molecule has 0 unspecified atom stereocenters. The Bertz CT molecular complexity index is 1120. The largest absolute Gasteiger partial charge is 0.493 e. The van der Waals surface area contributed by atoms with Gasteiger partial charge in [-0.3, -0.25) is 9.36 Å². The monoisotopic (exact) mass is 361 g/mol. The topological polar surface area (TPSA) is 74.8 Å². The third-order valence-corrected chi connectivity index (χ3v) is 4.32. The van der Waals surface area contributed by atoms with Crippen LogP contribution in [-0.2, 0) is 6.54 Å². The molecule has 0 saturated carbocycles. The number of aromatic nitrogens is 5. The predicted octanol–water partition coefficient (Wildman–Crippen LogP) is 2.75. The summed E-state index contributed by atoms with van der Waals surface area (Å²) in [5.74, 6) is 0.865. The van der Waals surface area contributed by atoms with Crippen molar-refractivity contribution >= 4 is 11.2 Å². The average molecular weight is 361 g/mol. The van der Waals surface area contributed by atoms with E-state index in [1.807, 2.05) is 61.5 Å². The first kappa shape index (κ1) is 17.0. The molecule has 27 heavy (non-hydrogen) atoms. The van der Waals surface area contributed by atoms with Crippen molar-refractivity contribution in [3.63, 3.8) is 0 Å². The van der Waals surface area contributed by atoms with Gasteiger partial charge < -0.3 is 4.74 Å². The number of aryl methyl sites for hydroxylation is 2. The summed E-state index contributed by atoms with van der Waals surface area (Å²) in [4.78, 5) is 17.0. The summed E-state index contributed by atoms with van der Waals surface area (Å²) in [6.07, 6.45) is 2.23.